The lowest BCUT2D eigenvalue weighted by Gasteiger charge is -2.29. The maximum atomic E-state index is 5.88. The fourth-order valence-electron chi connectivity index (χ4n) is 4.01. The van der Waals surface area contributed by atoms with Gasteiger partial charge in [0.2, 0.25) is 0 Å². The second-order valence-corrected chi connectivity index (χ2v) is 8.14. The molecular formula is C25H44N4O3. The van der Waals surface area contributed by atoms with E-state index in [9.17, 15) is 0 Å². The molecule has 182 valence electrons. The van der Waals surface area contributed by atoms with E-state index >= 15 is 0 Å². The van der Waals surface area contributed by atoms with Crippen LogP contribution in [-0.4, -0.2) is 77.1 Å². The molecular weight excluding hydrogens is 404 g/mol. The Hall–Kier alpha value is -1.83. The molecule has 1 atom stereocenters. The lowest BCUT2D eigenvalue weighted by atomic mass is 10.0. The van der Waals surface area contributed by atoms with Crippen molar-refractivity contribution >= 4 is 5.96 Å². The van der Waals surface area contributed by atoms with Crippen LogP contribution in [0.15, 0.2) is 29.3 Å². The largest absolute Gasteiger partial charge is 0.497 e. The van der Waals surface area contributed by atoms with Crippen LogP contribution in [-0.2, 0) is 9.47 Å². The summed E-state index contributed by atoms with van der Waals surface area (Å²) in [6.07, 6.45) is 3.20. The first-order valence-corrected chi connectivity index (χ1v) is 12.3. The molecule has 0 amide bonds. The third kappa shape index (κ3) is 9.35. The van der Waals surface area contributed by atoms with E-state index in [2.05, 4.69) is 54.5 Å². The van der Waals surface area contributed by atoms with Crippen molar-refractivity contribution in [2.75, 3.05) is 66.3 Å². The van der Waals surface area contributed by atoms with Crippen LogP contribution in [0.2, 0.25) is 0 Å². The van der Waals surface area contributed by atoms with Crippen LogP contribution in [0.1, 0.15) is 51.6 Å². The van der Waals surface area contributed by atoms with Gasteiger partial charge in [0.15, 0.2) is 5.96 Å². The van der Waals surface area contributed by atoms with E-state index in [0.717, 1.165) is 83.6 Å². The molecule has 1 heterocycles. The molecule has 1 aliphatic rings. The zero-order valence-corrected chi connectivity index (χ0v) is 20.6. The molecule has 0 saturated carbocycles. The highest BCUT2D eigenvalue weighted by Gasteiger charge is 2.18. The van der Waals surface area contributed by atoms with Crippen molar-refractivity contribution in [3.05, 3.63) is 29.8 Å². The van der Waals surface area contributed by atoms with E-state index in [4.69, 9.17) is 19.2 Å². The molecule has 32 heavy (non-hydrogen) atoms. The van der Waals surface area contributed by atoms with E-state index in [1.807, 2.05) is 6.07 Å². The van der Waals surface area contributed by atoms with Crippen LogP contribution in [0.4, 0.5) is 0 Å². The van der Waals surface area contributed by atoms with Gasteiger partial charge in [-0.1, -0.05) is 26.0 Å². The summed E-state index contributed by atoms with van der Waals surface area (Å²) in [6.45, 7) is 14.2. The normalized spacial score (nSPS) is 16.2. The summed E-state index contributed by atoms with van der Waals surface area (Å²) in [4.78, 5) is 7.35. The number of rotatable bonds is 14. The van der Waals surface area contributed by atoms with Crippen LogP contribution < -0.4 is 15.4 Å². The van der Waals surface area contributed by atoms with Gasteiger partial charge in [-0.2, -0.15) is 0 Å². The standard InChI is InChI=1S/C25H44N4O3/c1-5-26-25(27-14-9-15-32-20-21-12-16-31-17-13-21)28-19-24(29(6-2)7-3)22-10-8-11-23(18-22)30-4/h8,10-11,18,21,24H,5-7,9,12-17,19-20H2,1-4H3,(H2,26,27,28). The van der Waals surface area contributed by atoms with Gasteiger partial charge in [-0.05, 0) is 62.9 Å². The number of guanidine groups is 1. The summed E-state index contributed by atoms with van der Waals surface area (Å²) in [7, 11) is 1.71. The monoisotopic (exact) mass is 448 g/mol. The predicted octanol–water partition coefficient (Wildman–Crippen LogP) is 3.47. The number of aliphatic imine (C=N–C) groups is 1. The minimum Gasteiger partial charge on any atom is -0.497 e. The number of hydrogen-bond donors (Lipinski definition) is 2. The molecule has 1 aromatic rings. The number of hydrogen-bond acceptors (Lipinski definition) is 5. The Kier molecular flexibility index (Phi) is 13.1. The second kappa shape index (κ2) is 15.9. The molecule has 0 aromatic heterocycles. The molecule has 1 aliphatic heterocycles. The van der Waals surface area contributed by atoms with Crippen molar-refractivity contribution in [2.45, 2.75) is 46.1 Å². The summed E-state index contributed by atoms with van der Waals surface area (Å²) < 4.78 is 16.7. The zero-order chi connectivity index (χ0) is 23.0. The highest BCUT2D eigenvalue weighted by atomic mass is 16.5. The van der Waals surface area contributed by atoms with Gasteiger partial charge in [0, 0.05) is 39.5 Å². The molecule has 2 N–H and O–H groups in total. The summed E-state index contributed by atoms with van der Waals surface area (Å²) in [5, 5.41) is 6.83. The SMILES string of the molecule is CCNC(=NCC(c1cccc(OC)c1)N(CC)CC)NCCCOCC1CCOCC1. The molecule has 1 fully saturated rings. The van der Waals surface area contributed by atoms with E-state index < -0.39 is 0 Å². The van der Waals surface area contributed by atoms with Crippen molar-refractivity contribution in [1.29, 1.82) is 0 Å². The third-order valence-corrected chi connectivity index (χ3v) is 5.95. The van der Waals surface area contributed by atoms with Crippen molar-refractivity contribution in [2.24, 2.45) is 10.9 Å². The van der Waals surface area contributed by atoms with Crippen molar-refractivity contribution < 1.29 is 14.2 Å². The van der Waals surface area contributed by atoms with Gasteiger partial charge in [0.05, 0.1) is 19.7 Å². The van der Waals surface area contributed by atoms with Crippen LogP contribution >= 0.6 is 0 Å². The summed E-state index contributed by atoms with van der Waals surface area (Å²) in [5.41, 5.74) is 1.23. The zero-order valence-electron chi connectivity index (χ0n) is 20.6. The first-order chi connectivity index (χ1) is 15.7. The Labute approximate surface area is 194 Å². The van der Waals surface area contributed by atoms with Crippen LogP contribution in [0.3, 0.4) is 0 Å². The topological polar surface area (TPSA) is 67.4 Å². The quantitative estimate of drug-likeness (QED) is 0.258. The molecule has 0 aliphatic carbocycles. The molecule has 2 rings (SSSR count). The van der Waals surface area contributed by atoms with Gasteiger partial charge in [-0.3, -0.25) is 9.89 Å². The summed E-state index contributed by atoms with van der Waals surface area (Å²) >= 11 is 0. The maximum absolute atomic E-state index is 5.88. The van der Waals surface area contributed by atoms with Gasteiger partial charge in [0.25, 0.3) is 0 Å². The second-order valence-electron chi connectivity index (χ2n) is 8.14. The van der Waals surface area contributed by atoms with Crippen LogP contribution in [0.25, 0.3) is 0 Å². The molecule has 1 aromatic carbocycles. The number of methoxy groups -OCH3 is 1. The van der Waals surface area contributed by atoms with Crippen LogP contribution in [0, 0.1) is 5.92 Å². The molecule has 7 nitrogen and oxygen atoms in total. The highest BCUT2D eigenvalue weighted by molar-refractivity contribution is 5.79. The van der Waals surface area contributed by atoms with Gasteiger partial charge >= 0.3 is 0 Å². The lowest BCUT2D eigenvalue weighted by molar-refractivity contribution is 0.0203. The van der Waals surface area contributed by atoms with E-state index in [1.165, 1.54) is 5.56 Å². The number of benzene rings is 1. The molecule has 7 heteroatoms. The van der Waals surface area contributed by atoms with Crippen molar-refractivity contribution in [3.63, 3.8) is 0 Å². The van der Waals surface area contributed by atoms with Crippen LogP contribution in [0.5, 0.6) is 5.75 Å². The van der Waals surface area contributed by atoms with Crippen molar-refractivity contribution in [1.82, 2.24) is 15.5 Å². The molecule has 0 spiro atoms. The Bertz CT molecular complexity index is 646. The summed E-state index contributed by atoms with van der Waals surface area (Å²) in [5.74, 6) is 2.40. The Balaban J connectivity index is 1.86. The molecule has 1 unspecified atom stereocenters. The average Bonchev–Trinajstić information content (AvgIpc) is 2.84. The lowest BCUT2D eigenvalue weighted by Crippen LogP contribution is -2.39. The Morgan fingerprint density at radius 1 is 1.19 bits per heavy atom. The van der Waals surface area contributed by atoms with E-state index in [-0.39, 0.29) is 6.04 Å². The highest BCUT2D eigenvalue weighted by Crippen LogP contribution is 2.24. The Morgan fingerprint density at radius 2 is 1.97 bits per heavy atom. The third-order valence-electron chi connectivity index (χ3n) is 5.95. The number of ether oxygens (including phenoxy) is 3. The minimum absolute atomic E-state index is 0.207. The first-order valence-electron chi connectivity index (χ1n) is 12.3. The predicted molar refractivity (Wildman–Crippen MR) is 132 cm³/mol. The summed E-state index contributed by atoms with van der Waals surface area (Å²) in [6, 6.07) is 8.53. The first kappa shape index (κ1) is 26.4. The number of nitrogens with one attached hydrogen (secondary N) is 2. The van der Waals surface area contributed by atoms with E-state index in [0.29, 0.717) is 12.5 Å². The minimum atomic E-state index is 0.207. The number of likely N-dealkylation sites (N-methyl/N-ethyl adjacent to an activating group) is 1. The van der Waals surface area contributed by atoms with Crippen molar-refractivity contribution in [3.8, 4) is 5.75 Å². The Morgan fingerprint density at radius 3 is 2.66 bits per heavy atom. The van der Waals surface area contributed by atoms with Gasteiger partial charge < -0.3 is 24.8 Å². The average molecular weight is 449 g/mol. The van der Waals surface area contributed by atoms with Gasteiger partial charge in [-0.15, -0.1) is 0 Å². The molecule has 0 radical (unpaired) electrons. The fourth-order valence-corrected chi connectivity index (χ4v) is 4.01. The maximum Gasteiger partial charge on any atom is 0.191 e. The number of nitrogens with zero attached hydrogens (tertiary/aromatic N) is 2. The fraction of sp³-hybridized carbons (Fsp3) is 0.720. The van der Waals surface area contributed by atoms with E-state index in [1.54, 1.807) is 7.11 Å². The molecule has 0 bridgehead atoms. The van der Waals surface area contributed by atoms with Gasteiger partial charge in [0.1, 0.15) is 5.75 Å². The van der Waals surface area contributed by atoms with Gasteiger partial charge in [-0.25, -0.2) is 0 Å². The smallest absolute Gasteiger partial charge is 0.191 e. The molecule has 1 saturated heterocycles.